The summed E-state index contributed by atoms with van der Waals surface area (Å²) in [4.78, 5) is 0. The average molecular weight is 150 g/mol. The summed E-state index contributed by atoms with van der Waals surface area (Å²) in [6, 6.07) is 5.66. The third-order valence-corrected chi connectivity index (χ3v) is 2.17. The number of phenolic OH excluding ortho intramolecular Hbond substituents is 1. The Bertz CT molecular complexity index is 270. The SMILES string of the molecule is Oc1ccc2c(c1)C[NH2+]CC2. The van der Waals surface area contributed by atoms with Crippen molar-refractivity contribution in [1.82, 2.24) is 0 Å². The predicted molar refractivity (Wildman–Crippen MR) is 42.3 cm³/mol. The molecule has 0 amide bonds. The minimum atomic E-state index is 0.388. The Morgan fingerprint density at radius 2 is 2.18 bits per heavy atom. The molecule has 1 aliphatic rings. The number of fused-ring (bicyclic) bond motifs is 1. The van der Waals surface area contributed by atoms with Gasteiger partial charge < -0.3 is 10.4 Å². The van der Waals surface area contributed by atoms with Crippen molar-refractivity contribution in [2.45, 2.75) is 13.0 Å². The smallest absolute Gasteiger partial charge is 0.116 e. The first-order chi connectivity index (χ1) is 5.36. The lowest BCUT2D eigenvalue weighted by molar-refractivity contribution is -0.673. The van der Waals surface area contributed by atoms with E-state index in [9.17, 15) is 5.11 Å². The van der Waals surface area contributed by atoms with E-state index in [-0.39, 0.29) is 0 Å². The highest BCUT2D eigenvalue weighted by Crippen LogP contribution is 2.17. The van der Waals surface area contributed by atoms with Crippen LogP contribution in [0.25, 0.3) is 0 Å². The first kappa shape index (κ1) is 6.68. The van der Waals surface area contributed by atoms with Gasteiger partial charge in [-0.3, -0.25) is 0 Å². The molecule has 1 aromatic rings. The third kappa shape index (κ3) is 1.21. The Hall–Kier alpha value is -1.02. The van der Waals surface area contributed by atoms with E-state index in [1.807, 2.05) is 12.1 Å². The van der Waals surface area contributed by atoms with Crippen molar-refractivity contribution in [2.75, 3.05) is 6.54 Å². The molecule has 1 aliphatic heterocycles. The number of quaternary nitrogens is 1. The largest absolute Gasteiger partial charge is 0.508 e. The van der Waals surface area contributed by atoms with Gasteiger partial charge in [0.05, 0.1) is 6.54 Å². The van der Waals surface area contributed by atoms with Crippen LogP contribution in [-0.2, 0) is 13.0 Å². The lowest BCUT2D eigenvalue weighted by Crippen LogP contribution is -2.84. The van der Waals surface area contributed by atoms with E-state index in [0.717, 1.165) is 13.0 Å². The van der Waals surface area contributed by atoms with E-state index < -0.39 is 0 Å². The highest BCUT2D eigenvalue weighted by atomic mass is 16.3. The zero-order valence-corrected chi connectivity index (χ0v) is 6.38. The topological polar surface area (TPSA) is 36.8 Å². The lowest BCUT2D eigenvalue weighted by Gasteiger charge is -2.13. The third-order valence-electron chi connectivity index (χ3n) is 2.17. The van der Waals surface area contributed by atoms with Crippen LogP contribution in [0.4, 0.5) is 0 Å². The fraction of sp³-hybridized carbons (Fsp3) is 0.333. The maximum atomic E-state index is 9.17. The standard InChI is InChI=1S/C9H11NO/c11-9-2-1-7-3-4-10-6-8(7)5-9/h1-2,5,10-11H,3-4,6H2/p+1. The molecule has 1 aromatic carbocycles. The van der Waals surface area contributed by atoms with Gasteiger partial charge >= 0.3 is 0 Å². The van der Waals surface area contributed by atoms with Crippen LogP contribution >= 0.6 is 0 Å². The van der Waals surface area contributed by atoms with Gasteiger partial charge in [-0.25, -0.2) is 0 Å². The molecule has 0 atom stereocenters. The van der Waals surface area contributed by atoms with Crippen molar-refractivity contribution in [3.63, 3.8) is 0 Å². The number of hydrogen-bond donors (Lipinski definition) is 2. The van der Waals surface area contributed by atoms with Crippen molar-refractivity contribution in [3.05, 3.63) is 29.3 Å². The fourth-order valence-electron chi connectivity index (χ4n) is 1.56. The van der Waals surface area contributed by atoms with Gasteiger partial charge in [0.25, 0.3) is 0 Å². The molecule has 0 saturated heterocycles. The maximum absolute atomic E-state index is 9.17. The van der Waals surface area contributed by atoms with Gasteiger partial charge in [-0.05, 0) is 17.7 Å². The normalized spacial score (nSPS) is 16.0. The molecule has 1 heterocycles. The van der Waals surface area contributed by atoms with Crippen LogP contribution < -0.4 is 5.32 Å². The Labute approximate surface area is 65.9 Å². The highest BCUT2D eigenvalue weighted by Gasteiger charge is 2.10. The Balaban J connectivity index is 2.43. The van der Waals surface area contributed by atoms with Gasteiger partial charge in [-0.1, -0.05) is 6.07 Å². The minimum Gasteiger partial charge on any atom is -0.508 e. The molecule has 11 heavy (non-hydrogen) atoms. The number of aromatic hydroxyl groups is 1. The van der Waals surface area contributed by atoms with Crippen molar-refractivity contribution in [3.8, 4) is 5.75 Å². The summed E-state index contributed by atoms with van der Waals surface area (Å²) in [6.07, 6.45) is 1.13. The van der Waals surface area contributed by atoms with Crippen LogP contribution in [-0.4, -0.2) is 11.7 Å². The van der Waals surface area contributed by atoms with E-state index in [1.54, 1.807) is 6.07 Å². The second-order valence-electron chi connectivity index (χ2n) is 2.98. The summed E-state index contributed by atoms with van der Waals surface area (Å²) in [5.41, 5.74) is 2.68. The molecule has 2 rings (SSSR count). The van der Waals surface area contributed by atoms with Crippen LogP contribution in [0.15, 0.2) is 18.2 Å². The highest BCUT2D eigenvalue weighted by molar-refractivity contribution is 5.34. The Morgan fingerprint density at radius 3 is 3.09 bits per heavy atom. The summed E-state index contributed by atoms with van der Waals surface area (Å²) >= 11 is 0. The zero-order chi connectivity index (χ0) is 7.68. The van der Waals surface area contributed by atoms with Crippen LogP contribution in [0.2, 0.25) is 0 Å². The monoisotopic (exact) mass is 150 g/mol. The Kier molecular flexibility index (Phi) is 1.55. The van der Waals surface area contributed by atoms with Crippen molar-refractivity contribution in [1.29, 1.82) is 0 Å². The molecule has 0 bridgehead atoms. The first-order valence-electron chi connectivity index (χ1n) is 3.99. The molecule has 0 unspecified atom stereocenters. The van der Waals surface area contributed by atoms with Crippen LogP contribution in [0.3, 0.4) is 0 Å². The second-order valence-corrected chi connectivity index (χ2v) is 2.98. The number of benzene rings is 1. The number of hydrogen-bond acceptors (Lipinski definition) is 1. The molecule has 3 N–H and O–H groups in total. The number of phenols is 1. The van der Waals surface area contributed by atoms with Crippen LogP contribution in [0.5, 0.6) is 5.75 Å². The summed E-state index contributed by atoms with van der Waals surface area (Å²) in [5.74, 6) is 0.388. The number of nitrogens with two attached hydrogens (primary N) is 1. The predicted octanol–water partition coefficient (Wildman–Crippen LogP) is 0.0117. The molecule has 58 valence electrons. The van der Waals surface area contributed by atoms with E-state index in [4.69, 9.17) is 0 Å². The molecule has 0 fully saturated rings. The van der Waals surface area contributed by atoms with Gasteiger partial charge in [0.1, 0.15) is 12.3 Å². The van der Waals surface area contributed by atoms with E-state index >= 15 is 0 Å². The van der Waals surface area contributed by atoms with E-state index in [0.29, 0.717) is 5.75 Å². The molecular formula is C9H12NO+. The van der Waals surface area contributed by atoms with Gasteiger partial charge in [0, 0.05) is 12.0 Å². The summed E-state index contributed by atoms with van der Waals surface area (Å²) in [6.45, 7) is 2.20. The summed E-state index contributed by atoms with van der Waals surface area (Å²) in [7, 11) is 0. The molecule has 0 aliphatic carbocycles. The van der Waals surface area contributed by atoms with E-state index in [1.165, 1.54) is 17.7 Å². The molecule has 2 nitrogen and oxygen atoms in total. The van der Waals surface area contributed by atoms with Crippen LogP contribution in [0, 0.1) is 0 Å². The molecule has 0 saturated carbocycles. The molecule has 0 radical (unpaired) electrons. The average Bonchev–Trinajstić information content (AvgIpc) is 2.04. The van der Waals surface area contributed by atoms with Crippen molar-refractivity contribution >= 4 is 0 Å². The van der Waals surface area contributed by atoms with Gasteiger partial charge in [-0.2, -0.15) is 0 Å². The van der Waals surface area contributed by atoms with Crippen molar-refractivity contribution < 1.29 is 10.4 Å². The number of rotatable bonds is 0. The van der Waals surface area contributed by atoms with Gasteiger partial charge in [-0.15, -0.1) is 0 Å². The molecule has 2 heteroatoms. The Morgan fingerprint density at radius 1 is 1.27 bits per heavy atom. The molecule has 0 spiro atoms. The second kappa shape index (κ2) is 2.55. The van der Waals surface area contributed by atoms with E-state index in [2.05, 4.69) is 5.32 Å². The summed E-state index contributed by atoms with van der Waals surface area (Å²) in [5, 5.41) is 11.4. The van der Waals surface area contributed by atoms with Gasteiger partial charge in [0.15, 0.2) is 0 Å². The first-order valence-corrected chi connectivity index (χ1v) is 3.99. The summed E-state index contributed by atoms with van der Waals surface area (Å²) < 4.78 is 0. The quantitative estimate of drug-likeness (QED) is 0.537. The fourth-order valence-corrected chi connectivity index (χ4v) is 1.56. The van der Waals surface area contributed by atoms with Crippen molar-refractivity contribution in [2.24, 2.45) is 0 Å². The molecular weight excluding hydrogens is 138 g/mol. The molecule has 0 aromatic heterocycles. The maximum Gasteiger partial charge on any atom is 0.116 e. The zero-order valence-electron chi connectivity index (χ0n) is 6.38. The van der Waals surface area contributed by atoms with Crippen LogP contribution in [0.1, 0.15) is 11.1 Å². The van der Waals surface area contributed by atoms with Gasteiger partial charge in [0.2, 0.25) is 0 Å². The minimum absolute atomic E-state index is 0.388. The lowest BCUT2D eigenvalue weighted by atomic mass is 10.0.